The first-order valence-electron chi connectivity index (χ1n) is 11.9. The van der Waals surface area contributed by atoms with Gasteiger partial charge in [0.25, 0.3) is 0 Å². The van der Waals surface area contributed by atoms with Crippen LogP contribution in [-0.2, 0) is 26.1 Å². The van der Waals surface area contributed by atoms with Gasteiger partial charge in [-0.25, -0.2) is 8.42 Å². The molecule has 200 valence electrons. The number of ether oxygens (including phenoxy) is 2. The van der Waals surface area contributed by atoms with E-state index in [4.69, 9.17) is 9.47 Å². The lowest BCUT2D eigenvalue weighted by atomic mass is 10.1. The lowest BCUT2D eigenvalue weighted by Gasteiger charge is -2.21. The molecule has 2 rings (SSSR count). The highest BCUT2D eigenvalue weighted by molar-refractivity contribution is 7.89. The number of amides is 1. The van der Waals surface area contributed by atoms with E-state index in [2.05, 4.69) is 10.2 Å². The van der Waals surface area contributed by atoms with E-state index in [1.807, 2.05) is 38.4 Å². The minimum atomic E-state index is -3.70. The molecule has 0 spiro atoms. The highest BCUT2D eigenvalue weighted by Crippen LogP contribution is 2.27. The zero-order valence-electron chi connectivity index (χ0n) is 22.5. The summed E-state index contributed by atoms with van der Waals surface area (Å²) in [5.41, 5.74) is 3.29. The number of likely N-dealkylation sites (N-methyl/N-ethyl adjacent to an activating group) is 3. The molecule has 0 heterocycles. The molecule has 0 radical (unpaired) electrons. The Hall–Kier alpha value is -2.66. The minimum Gasteiger partial charge on any atom is -0.497 e. The van der Waals surface area contributed by atoms with Crippen molar-refractivity contribution in [1.82, 2.24) is 14.1 Å². The van der Waals surface area contributed by atoms with Crippen LogP contribution in [0.3, 0.4) is 0 Å². The molecule has 1 N–H and O–H groups in total. The molecule has 9 nitrogen and oxygen atoms in total. The number of rotatable bonds is 14. The van der Waals surface area contributed by atoms with Crippen molar-refractivity contribution in [2.75, 3.05) is 73.5 Å². The van der Waals surface area contributed by atoms with Crippen molar-refractivity contribution in [3.05, 3.63) is 53.1 Å². The number of aryl methyl sites for hydroxylation is 2. The molecular formula is C26H40N4O5S. The Labute approximate surface area is 216 Å². The largest absolute Gasteiger partial charge is 0.497 e. The van der Waals surface area contributed by atoms with E-state index in [-0.39, 0.29) is 30.6 Å². The van der Waals surface area contributed by atoms with Crippen LogP contribution in [0, 0.1) is 13.8 Å². The van der Waals surface area contributed by atoms with Gasteiger partial charge in [0.15, 0.2) is 0 Å². The van der Waals surface area contributed by atoms with Crippen molar-refractivity contribution in [1.29, 1.82) is 0 Å². The molecule has 1 amide bonds. The van der Waals surface area contributed by atoms with E-state index in [1.165, 1.54) is 11.4 Å². The number of hydrogen-bond acceptors (Lipinski definition) is 7. The van der Waals surface area contributed by atoms with Crippen molar-refractivity contribution in [3.8, 4) is 5.75 Å². The Morgan fingerprint density at radius 1 is 0.972 bits per heavy atom. The summed E-state index contributed by atoms with van der Waals surface area (Å²) in [6, 6.07) is 11.4. The number of nitrogens with one attached hydrogen (secondary N) is 1. The predicted octanol–water partition coefficient (Wildman–Crippen LogP) is 2.58. The van der Waals surface area contributed by atoms with Crippen molar-refractivity contribution in [2.45, 2.75) is 25.3 Å². The van der Waals surface area contributed by atoms with Gasteiger partial charge < -0.3 is 24.6 Å². The number of hydrogen-bond donors (Lipinski definition) is 1. The number of sulfonamides is 1. The summed E-state index contributed by atoms with van der Waals surface area (Å²) < 4.78 is 38.1. The average molecular weight is 521 g/mol. The fraction of sp³-hybridized carbons (Fsp3) is 0.500. The number of anilines is 1. The van der Waals surface area contributed by atoms with Crippen LogP contribution in [0.25, 0.3) is 0 Å². The smallest absolute Gasteiger partial charge is 0.248 e. The Balaban J connectivity index is 1.80. The number of carbonyl (C=O) groups excluding carboxylic acids is 1. The molecule has 0 aliphatic heterocycles. The fourth-order valence-electron chi connectivity index (χ4n) is 3.69. The van der Waals surface area contributed by atoms with Crippen LogP contribution in [0.15, 0.2) is 41.3 Å². The van der Waals surface area contributed by atoms with Gasteiger partial charge in [0.05, 0.1) is 18.6 Å². The number of nitrogens with zero attached hydrogens (tertiary/aromatic N) is 3. The van der Waals surface area contributed by atoms with Gasteiger partial charge in [0, 0.05) is 46.0 Å². The highest BCUT2D eigenvalue weighted by atomic mass is 32.2. The summed E-state index contributed by atoms with van der Waals surface area (Å²) in [6.45, 7) is 5.88. The van der Waals surface area contributed by atoms with Crippen LogP contribution in [0.2, 0.25) is 0 Å². The summed E-state index contributed by atoms with van der Waals surface area (Å²) in [5.74, 6) is 0.445. The maximum absolute atomic E-state index is 13.1. The Bertz CT molecular complexity index is 1080. The molecule has 0 atom stereocenters. The second-order valence-electron chi connectivity index (χ2n) is 9.15. The number of carbonyl (C=O) groups is 1. The molecule has 2 aromatic carbocycles. The topological polar surface area (TPSA) is 91.4 Å². The van der Waals surface area contributed by atoms with E-state index in [0.29, 0.717) is 23.4 Å². The van der Waals surface area contributed by atoms with Crippen LogP contribution in [0.5, 0.6) is 5.75 Å². The van der Waals surface area contributed by atoms with Crippen molar-refractivity contribution in [2.24, 2.45) is 0 Å². The van der Waals surface area contributed by atoms with E-state index in [1.54, 1.807) is 45.0 Å². The van der Waals surface area contributed by atoms with Crippen molar-refractivity contribution < 1.29 is 22.7 Å². The van der Waals surface area contributed by atoms with Crippen molar-refractivity contribution in [3.63, 3.8) is 0 Å². The summed E-state index contributed by atoms with van der Waals surface area (Å²) in [7, 11) is 5.14. The van der Waals surface area contributed by atoms with Gasteiger partial charge in [-0.3, -0.25) is 4.79 Å². The van der Waals surface area contributed by atoms with Crippen LogP contribution in [0.4, 0.5) is 5.69 Å². The third kappa shape index (κ3) is 8.48. The third-order valence-corrected chi connectivity index (χ3v) is 7.96. The summed E-state index contributed by atoms with van der Waals surface area (Å²) in [6.07, 6.45) is 0. The fourth-order valence-corrected chi connectivity index (χ4v) is 5.25. The van der Waals surface area contributed by atoms with Gasteiger partial charge in [-0.15, -0.1) is 0 Å². The van der Waals surface area contributed by atoms with E-state index >= 15 is 0 Å². The van der Waals surface area contributed by atoms with Crippen LogP contribution < -0.4 is 10.1 Å². The standard InChI is InChI=1S/C26H40N4O5S/c1-20-16-24(34-7)17-21(2)26(20)36(32,33)30(6)14-15-35-19-25(31)29(5)18-22-8-10-23(11-9-22)27-12-13-28(3)4/h8-11,16-17,27H,12-15,18-19H2,1-7H3. The minimum absolute atomic E-state index is 0.108. The second-order valence-corrected chi connectivity index (χ2v) is 11.1. The van der Waals surface area contributed by atoms with E-state index in [0.717, 1.165) is 24.3 Å². The molecule has 10 heteroatoms. The zero-order valence-corrected chi connectivity index (χ0v) is 23.3. The Kier molecular flexibility index (Phi) is 11.2. The molecule has 0 aliphatic carbocycles. The van der Waals surface area contributed by atoms with Crippen LogP contribution in [-0.4, -0.2) is 96.6 Å². The second kappa shape index (κ2) is 13.6. The lowest BCUT2D eigenvalue weighted by Crippen LogP contribution is -2.33. The number of benzene rings is 2. The van der Waals surface area contributed by atoms with Gasteiger partial charge in [-0.05, 0) is 68.9 Å². The molecule has 0 saturated carbocycles. The van der Waals surface area contributed by atoms with Gasteiger partial charge in [0.2, 0.25) is 15.9 Å². The maximum Gasteiger partial charge on any atom is 0.248 e. The molecule has 2 aromatic rings. The van der Waals surface area contributed by atoms with Gasteiger partial charge in [0.1, 0.15) is 12.4 Å². The van der Waals surface area contributed by atoms with Crippen LogP contribution in [0.1, 0.15) is 16.7 Å². The lowest BCUT2D eigenvalue weighted by molar-refractivity contribution is -0.135. The highest BCUT2D eigenvalue weighted by Gasteiger charge is 2.25. The molecule has 0 fully saturated rings. The summed E-state index contributed by atoms with van der Waals surface area (Å²) >= 11 is 0. The quantitative estimate of drug-likeness (QED) is 0.383. The molecule has 0 aromatic heterocycles. The first-order chi connectivity index (χ1) is 16.9. The van der Waals surface area contributed by atoms with E-state index in [9.17, 15) is 13.2 Å². The van der Waals surface area contributed by atoms with Crippen LogP contribution >= 0.6 is 0 Å². The molecular weight excluding hydrogens is 480 g/mol. The Morgan fingerprint density at radius 2 is 1.58 bits per heavy atom. The van der Waals surface area contributed by atoms with Crippen molar-refractivity contribution >= 4 is 21.6 Å². The first-order valence-corrected chi connectivity index (χ1v) is 13.3. The average Bonchev–Trinajstić information content (AvgIpc) is 2.81. The van der Waals surface area contributed by atoms with Gasteiger partial charge >= 0.3 is 0 Å². The van der Waals surface area contributed by atoms with E-state index < -0.39 is 10.0 Å². The molecule has 0 saturated heterocycles. The zero-order chi connectivity index (χ0) is 26.9. The third-order valence-electron chi connectivity index (χ3n) is 5.80. The van der Waals surface area contributed by atoms with Gasteiger partial charge in [-0.2, -0.15) is 4.31 Å². The molecule has 0 aliphatic rings. The monoisotopic (exact) mass is 520 g/mol. The summed E-state index contributed by atoms with van der Waals surface area (Å²) in [5, 5.41) is 3.36. The van der Waals surface area contributed by atoms with Gasteiger partial charge in [-0.1, -0.05) is 12.1 Å². The first kappa shape index (κ1) is 29.6. The number of methoxy groups -OCH3 is 1. The predicted molar refractivity (Wildman–Crippen MR) is 143 cm³/mol. The Morgan fingerprint density at radius 3 is 2.14 bits per heavy atom. The summed E-state index contributed by atoms with van der Waals surface area (Å²) in [4.78, 5) is 16.4. The maximum atomic E-state index is 13.1. The molecule has 36 heavy (non-hydrogen) atoms. The molecule has 0 unspecified atom stereocenters. The normalized spacial score (nSPS) is 11.7. The molecule has 0 bridgehead atoms. The SMILES string of the molecule is COc1cc(C)c(S(=O)(=O)N(C)CCOCC(=O)N(C)Cc2ccc(NCCN(C)C)cc2)c(C)c1.